The van der Waals surface area contributed by atoms with Gasteiger partial charge in [0.2, 0.25) is 8.32 Å². The quantitative estimate of drug-likeness (QED) is 0.486. The third-order valence-electron chi connectivity index (χ3n) is 2.24. The normalized spacial score (nSPS) is 12.0. The van der Waals surface area contributed by atoms with E-state index in [9.17, 15) is 22.8 Å². The lowest BCUT2D eigenvalue weighted by Gasteiger charge is -2.17. The van der Waals surface area contributed by atoms with Crippen LogP contribution in [-0.4, -0.2) is 26.4 Å². The van der Waals surface area contributed by atoms with Crippen molar-refractivity contribution in [3.05, 3.63) is 29.3 Å². The Morgan fingerprint density at radius 1 is 1.14 bits per heavy atom. The van der Waals surface area contributed by atoms with Gasteiger partial charge in [0, 0.05) is 0 Å². The highest BCUT2D eigenvalue weighted by Crippen LogP contribution is 2.24. The average molecular weight is 320 g/mol. The highest BCUT2D eigenvalue weighted by atomic mass is 28.4. The molecule has 0 N–H and O–H groups in total. The minimum atomic E-state index is -5.07. The minimum Gasteiger partial charge on any atom is -0.516 e. The highest BCUT2D eigenvalue weighted by Gasteiger charge is 2.41. The Morgan fingerprint density at radius 2 is 1.71 bits per heavy atom. The lowest BCUT2D eigenvalue weighted by atomic mass is 10.1. The summed E-state index contributed by atoms with van der Waals surface area (Å²) >= 11 is 0. The molecule has 0 saturated carbocycles. The maximum Gasteiger partial charge on any atom is 0.491 e. The van der Waals surface area contributed by atoms with E-state index in [4.69, 9.17) is 4.43 Å². The maximum absolute atomic E-state index is 12.1. The molecule has 0 bridgehead atoms. The summed E-state index contributed by atoms with van der Waals surface area (Å²) in [6.45, 7) is 6.93. The first kappa shape index (κ1) is 17.2. The van der Waals surface area contributed by atoms with Crippen molar-refractivity contribution in [1.82, 2.24) is 0 Å². The van der Waals surface area contributed by atoms with Gasteiger partial charge in [0.05, 0.1) is 5.56 Å². The molecule has 0 aromatic heterocycles. The number of halogens is 3. The van der Waals surface area contributed by atoms with E-state index in [-0.39, 0.29) is 16.9 Å². The van der Waals surface area contributed by atoms with E-state index in [1.807, 2.05) is 19.6 Å². The van der Waals surface area contributed by atoms with E-state index in [1.165, 1.54) is 19.1 Å². The Bertz CT molecular complexity index is 562. The number of aryl methyl sites for hydroxylation is 1. The van der Waals surface area contributed by atoms with Gasteiger partial charge in [-0.2, -0.15) is 13.2 Å². The Labute approximate surface area is 121 Å². The van der Waals surface area contributed by atoms with Crippen molar-refractivity contribution in [2.45, 2.75) is 32.7 Å². The molecule has 4 nitrogen and oxygen atoms in total. The molecule has 0 radical (unpaired) electrons. The molecule has 8 heteroatoms. The number of alkyl halides is 3. The van der Waals surface area contributed by atoms with Crippen molar-refractivity contribution in [2.24, 2.45) is 0 Å². The van der Waals surface area contributed by atoms with Crippen LogP contribution in [0.4, 0.5) is 13.2 Å². The molecule has 0 amide bonds. The smallest absolute Gasteiger partial charge is 0.491 e. The fourth-order valence-corrected chi connectivity index (χ4v) is 2.06. The lowest BCUT2D eigenvalue weighted by molar-refractivity contribution is -0.189. The van der Waals surface area contributed by atoms with Crippen LogP contribution in [0, 0.1) is 6.92 Å². The zero-order chi connectivity index (χ0) is 16.4. The summed E-state index contributed by atoms with van der Waals surface area (Å²) < 4.78 is 45.9. The fourth-order valence-electron chi connectivity index (χ4n) is 1.39. The van der Waals surface area contributed by atoms with E-state index in [0.717, 1.165) is 6.07 Å². The summed E-state index contributed by atoms with van der Waals surface area (Å²) in [6, 6.07) is 3.72. The van der Waals surface area contributed by atoms with E-state index in [0.29, 0.717) is 0 Å². The van der Waals surface area contributed by atoms with E-state index >= 15 is 0 Å². The van der Waals surface area contributed by atoms with Crippen LogP contribution in [-0.2, 0) is 9.22 Å². The van der Waals surface area contributed by atoms with Gasteiger partial charge in [0.15, 0.2) is 0 Å². The standard InChI is InChI=1S/C13H15F3O4Si/c1-8-7-9(11(17)20-21(2,3)4)5-6-10(8)19-12(18)13(14,15)16/h5-7H,1-4H3. The van der Waals surface area contributed by atoms with Crippen LogP contribution in [0.2, 0.25) is 19.6 Å². The number of esters is 1. The largest absolute Gasteiger partial charge is 0.516 e. The van der Waals surface area contributed by atoms with Crippen LogP contribution in [0.25, 0.3) is 0 Å². The van der Waals surface area contributed by atoms with Crippen molar-refractivity contribution in [1.29, 1.82) is 0 Å². The summed E-state index contributed by atoms with van der Waals surface area (Å²) in [5, 5.41) is 0. The molecule has 0 saturated heterocycles. The van der Waals surface area contributed by atoms with Gasteiger partial charge in [-0.05, 0) is 50.3 Å². The van der Waals surface area contributed by atoms with Gasteiger partial charge in [-0.15, -0.1) is 0 Å². The van der Waals surface area contributed by atoms with Crippen molar-refractivity contribution >= 4 is 20.3 Å². The summed E-state index contributed by atoms with van der Waals surface area (Å²) in [5.74, 6) is -3.10. The van der Waals surface area contributed by atoms with Crippen LogP contribution >= 0.6 is 0 Å². The van der Waals surface area contributed by atoms with E-state index in [1.54, 1.807) is 0 Å². The van der Waals surface area contributed by atoms with Crippen molar-refractivity contribution in [2.75, 3.05) is 0 Å². The van der Waals surface area contributed by atoms with Crippen LogP contribution in [0.5, 0.6) is 5.75 Å². The van der Waals surface area contributed by atoms with E-state index < -0.39 is 26.4 Å². The summed E-state index contributed by atoms with van der Waals surface area (Å²) in [6.07, 6.45) is -5.07. The van der Waals surface area contributed by atoms with Gasteiger partial charge in [0.1, 0.15) is 5.75 Å². The zero-order valence-corrected chi connectivity index (χ0v) is 13.0. The Hall–Kier alpha value is -1.83. The summed E-state index contributed by atoms with van der Waals surface area (Å²) in [5.41, 5.74) is 0.430. The second-order valence-corrected chi connectivity index (χ2v) is 9.80. The van der Waals surface area contributed by atoms with Crippen LogP contribution < -0.4 is 4.74 Å². The van der Waals surface area contributed by atoms with Gasteiger partial charge in [-0.3, -0.25) is 0 Å². The van der Waals surface area contributed by atoms with Crippen LogP contribution in [0.1, 0.15) is 15.9 Å². The second-order valence-electron chi connectivity index (χ2n) is 5.37. The number of ether oxygens (including phenoxy) is 1. The minimum absolute atomic E-state index is 0.196. The SMILES string of the molecule is Cc1cc(C(=O)O[Si](C)(C)C)ccc1OC(=O)C(F)(F)F. The second kappa shape index (κ2) is 5.88. The monoisotopic (exact) mass is 320 g/mol. The maximum atomic E-state index is 12.1. The van der Waals surface area contributed by atoms with Crippen molar-refractivity contribution in [3.8, 4) is 5.75 Å². The number of hydrogen-bond donors (Lipinski definition) is 0. The number of rotatable bonds is 3. The Kier molecular flexibility index (Phi) is 4.82. The first-order chi connectivity index (χ1) is 9.40. The topological polar surface area (TPSA) is 52.6 Å². The molecule has 0 aliphatic heterocycles. The zero-order valence-electron chi connectivity index (χ0n) is 12.0. The average Bonchev–Trinajstić information content (AvgIpc) is 2.28. The molecule has 0 heterocycles. The molecule has 0 aliphatic rings. The van der Waals surface area contributed by atoms with Gasteiger partial charge in [-0.1, -0.05) is 0 Å². The predicted molar refractivity (Wildman–Crippen MR) is 71.6 cm³/mol. The first-order valence-electron chi connectivity index (χ1n) is 6.03. The Balaban J connectivity index is 2.91. The number of carbonyl (C=O) groups is 2. The molecule has 0 fully saturated rings. The summed E-state index contributed by atoms with van der Waals surface area (Å²) in [7, 11) is -2.07. The number of carbonyl (C=O) groups excluding carboxylic acids is 2. The van der Waals surface area contributed by atoms with E-state index in [2.05, 4.69) is 4.74 Å². The predicted octanol–water partition coefficient (Wildman–Crippen LogP) is 3.45. The summed E-state index contributed by atoms with van der Waals surface area (Å²) in [4.78, 5) is 22.6. The molecule has 0 atom stereocenters. The molecular weight excluding hydrogens is 305 g/mol. The molecule has 1 aromatic carbocycles. The number of hydrogen-bond acceptors (Lipinski definition) is 4. The van der Waals surface area contributed by atoms with Crippen molar-refractivity contribution < 1.29 is 31.9 Å². The first-order valence-corrected chi connectivity index (χ1v) is 9.44. The number of benzene rings is 1. The van der Waals surface area contributed by atoms with Gasteiger partial charge < -0.3 is 9.16 Å². The van der Waals surface area contributed by atoms with Gasteiger partial charge in [-0.25, -0.2) is 9.59 Å². The molecule has 0 aliphatic carbocycles. The van der Waals surface area contributed by atoms with Crippen LogP contribution in [0.15, 0.2) is 18.2 Å². The molecule has 1 rings (SSSR count). The molecule has 0 unspecified atom stereocenters. The van der Waals surface area contributed by atoms with Gasteiger partial charge in [0.25, 0.3) is 0 Å². The molecule has 21 heavy (non-hydrogen) atoms. The molecule has 116 valence electrons. The fraction of sp³-hybridized carbons (Fsp3) is 0.385. The van der Waals surface area contributed by atoms with Gasteiger partial charge >= 0.3 is 18.1 Å². The Morgan fingerprint density at radius 3 is 2.14 bits per heavy atom. The molecule has 1 aromatic rings. The highest BCUT2D eigenvalue weighted by molar-refractivity contribution is 6.71. The van der Waals surface area contributed by atoms with Crippen molar-refractivity contribution in [3.63, 3.8) is 0 Å². The van der Waals surface area contributed by atoms with Crippen LogP contribution in [0.3, 0.4) is 0 Å². The third-order valence-corrected chi connectivity index (χ3v) is 3.04. The lowest BCUT2D eigenvalue weighted by Crippen LogP contribution is -2.29. The molecular formula is C13H15F3O4Si. The molecule has 0 spiro atoms. The third kappa shape index (κ3) is 5.22.